The number of aryl methyl sites for hydroxylation is 1. The van der Waals surface area contributed by atoms with Crippen LogP contribution in [0.25, 0.3) is 10.9 Å². The summed E-state index contributed by atoms with van der Waals surface area (Å²) in [5.41, 5.74) is 2.87. The molecule has 1 unspecified atom stereocenters. The third-order valence-electron chi connectivity index (χ3n) is 4.17. The Balaban J connectivity index is 2.20. The zero-order valence-corrected chi connectivity index (χ0v) is 12.1. The summed E-state index contributed by atoms with van der Waals surface area (Å²) < 4.78 is 13.0. The number of hydrogen-bond donors (Lipinski definition) is 0. The zero-order valence-electron chi connectivity index (χ0n) is 12.1. The standard InChI is InChI=1S/C16H19NO3/c1-11-12-6-4-5-7-13(12)17-8-9-20-16(2,15(11)17)10-14(18)19-3/h4-7H,8-10H2,1-3H3. The molecule has 4 heteroatoms. The second-order valence-corrected chi connectivity index (χ2v) is 5.47. The summed E-state index contributed by atoms with van der Waals surface area (Å²) in [4.78, 5) is 11.7. The first kappa shape index (κ1) is 13.2. The fourth-order valence-electron chi connectivity index (χ4n) is 3.30. The van der Waals surface area contributed by atoms with Gasteiger partial charge in [0.05, 0.1) is 25.8 Å². The van der Waals surface area contributed by atoms with Gasteiger partial charge >= 0.3 is 5.97 Å². The van der Waals surface area contributed by atoms with E-state index in [2.05, 4.69) is 23.6 Å². The SMILES string of the molecule is COC(=O)CC1(C)OCCn2c1c(C)c1ccccc12. The Morgan fingerprint density at radius 1 is 1.45 bits per heavy atom. The van der Waals surface area contributed by atoms with Crippen molar-refractivity contribution in [3.05, 3.63) is 35.5 Å². The number of hydrogen-bond acceptors (Lipinski definition) is 3. The highest BCUT2D eigenvalue weighted by Crippen LogP contribution is 2.40. The zero-order chi connectivity index (χ0) is 14.3. The van der Waals surface area contributed by atoms with Crippen molar-refractivity contribution < 1.29 is 14.3 Å². The maximum Gasteiger partial charge on any atom is 0.308 e. The van der Waals surface area contributed by atoms with Crippen LogP contribution in [0, 0.1) is 6.92 Å². The number of para-hydroxylation sites is 1. The Hall–Kier alpha value is -1.81. The molecule has 0 radical (unpaired) electrons. The molecule has 1 aromatic heterocycles. The van der Waals surface area contributed by atoms with Crippen molar-refractivity contribution in [3.63, 3.8) is 0 Å². The van der Waals surface area contributed by atoms with E-state index >= 15 is 0 Å². The van der Waals surface area contributed by atoms with Crippen LogP contribution in [0.1, 0.15) is 24.6 Å². The largest absolute Gasteiger partial charge is 0.469 e. The summed E-state index contributed by atoms with van der Waals surface area (Å²) in [7, 11) is 1.41. The average molecular weight is 273 g/mol. The number of ether oxygens (including phenoxy) is 2. The van der Waals surface area contributed by atoms with Crippen molar-refractivity contribution in [1.82, 2.24) is 4.57 Å². The van der Waals surface area contributed by atoms with Crippen molar-refractivity contribution >= 4 is 16.9 Å². The molecular formula is C16H19NO3. The maximum absolute atomic E-state index is 11.7. The second kappa shape index (κ2) is 4.63. The summed E-state index contributed by atoms with van der Waals surface area (Å²) in [6, 6.07) is 8.33. The molecule has 0 aliphatic carbocycles. The van der Waals surface area contributed by atoms with E-state index in [4.69, 9.17) is 9.47 Å². The smallest absolute Gasteiger partial charge is 0.308 e. The van der Waals surface area contributed by atoms with E-state index in [0.29, 0.717) is 6.61 Å². The van der Waals surface area contributed by atoms with E-state index in [9.17, 15) is 4.79 Å². The van der Waals surface area contributed by atoms with Gasteiger partial charge in [0.1, 0.15) is 5.60 Å². The monoisotopic (exact) mass is 273 g/mol. The van der Waals surface area contributed by atoms with E-state index < -0.39 is 5.60 Å². The number of esters is 1. The molecule has 1 aliphatic rings. The molecule has 0 spiro atoms. The predicted octanol–water partition coefficient (Wildman–Crippen LogP) is 2.76. The van der Waals surface area contributed by atoms with Gasteiger partial charge in [0, 0.05) is 17.4 Å². The molecule has 0 N–H and O–H groups in total. The van der Waals surface area contributed by atoms with E-state index in [-0.39, 0.29) is 12.4 Å². The summed E-state index contributed by atoms with van der Waals surface area (Å²) >= 11 is 0. The van der Waals surface area contributed by atoms with Crippen molar-refractivity contribution in [2.45, 2.75) is 32.4 Å². The van der Waals surface area contributed by atoms with Crippen LogP contribution in [0.15, 0.2) is 24.3 Å². The molecule has 1 aliphatic heterocycles. The lowest BCUT2D eigenvalue weighted by Crippen LogP contribution is -2.38. The molecule has 20 heavy (non-hydrogen) atoms. The van der Waals surface area contributed by atoms with Gasteiger partial charge in [0.15, 0.2) is 0 Å². The first-order valence-corrected chi connectivity index (χ1v) is 6.86. The number of carbonyl (C=O) groups is 1. The minimum absolute atomic E-state index is 0.237. The van der Waals surface area contributed by atoms with Gasteiger partial charge in [-0.15, -0.1) is 0 Å². The van der Waals surface area contributed by atoms with Crippen LogP contribution in [0.4, 0.5) is 0 Å². The van der Waals surface area contributed by atoms with Crippen LogP contribution >= 0.6 is 0 Å². The lowest BCUT2D eigenvalue weighted by Gasteiger charge is -2.35. The number of benzene rings is 1. The molecule has 3 rings (SSSR count). The molecule has 4 nitrogen and oxygen atoms in total. The second-order valence-electron chi connectivity index (χ2n) is 5.47. The van der Waals surface area contributed by atoms with Crippen LogP contribution in [0.2, 0.25) is 0 Å². The quantitative estimate of drug-likeness (QED) is 0.790. The first-order chi connectivity index (χ1) is 9.57. The van der Waals surface area contributed by atoms with Gasteiger partial charge in [-0.1, -0.05) is 18.2 Å². The third-order valence-corrected chi connectivity index (χ3v) is 4.17. The third kappa shape index (κ3) is 1.83. The number of rotatable bonds is 2. The first-order valence-electron chi connectivity index (χ1n) is 6.86. The van der Waals surface area contributed by atoms with E-state index in [1.807, 2.05) is 19.1 Å². The number of fused-ring (bicyclic) bond motifs is 3. The highest BCUT2D eigenvalue weighted by atomic mass is 16.5. The normalized spacial score (nSPS) is 21.8. The summed E-state index contributed by atoms with van der Waals surface area (Å²) in [5, 5.41) is 1.23. The molecule has 2 heterocycles. The minimum atomic E-state index is -0.617. The Morgan fingerprint density at radius 2 is 2.20 bits per heavy atom. The van der Waals surface area contributed by atoms with Crippen molar-refractivity contribution in [1.29, 1.82) is 0 Å². The van der Waals surface area contributed by atoms with Crippen LogP contribution in [0.3, 0.4) is 0 Å². The average Bonchev–Trinajstić information content (AvgIpc) is 2.74. The topological polar surface area (TPSA) is 40.5 Å². The number of aromatic nitrogens is 1. The maximum atomic E-state index is 11.7. The molecule has 0 fully saturated rings. The predicted molar refractivity (Wildman–Crippen MR) is 76.6 cm³/mol. The molecule has 0 bridgehead atoms. The van der Waals surface area contributed by atoms with Gasteiger partial charge in [-0.25, -0.2) is 0 Å². The Bertz CT molecular complexity index is 674. The van der Waals surface area contributed by atoms with Crippen molar-refractivity contribution in [2.24, 2.45) is 0 Å². The summed E-state index contributed by atoms with van der Waals surface area (Å²) in [6.07, 6.45) is 0.237. The molecule has 0 saturated carbocycles. The van der Waals surface area contributed by atoms with E-state index in [1.165, 1.54) is 23.6 Å². The molecule has 0 amide bonds. The minimum Gasteiger partial charge on any atom is -0.469 e. The highest BCUT2D eigenvalue weighted by molar-refractivity contribution is 5.86. The van der Waals surface area contributed by atoms with Crippen molar-refractivity contribution in [2.75, 3.05) is 13.7 Å². The van der Waals surface area contributed by atoms with Gasteiger partial charge in [0.25, 0.3) is 0 Å². The lowest BCUT2D eigenvalue weighted by atomic mass is 9.93. The number of carbonyl (C=O) groups excluding carboxylic acids is 1. The van der Waals surface area contributed by atoms with Crippen LogP contribution < -0.4 is 0 Å². The number of methoxy groups -OCH3 is 1. The van der Waals surface area contributed by atoms with Gasteiger partial charge in [-0.2, -0.15) is 0 Å². The Labute approximate surface area is 118 Å². The highest BCUT2D eigenvalue weighted by Gasteiger charge is 2.39. The molecule has 106 valence electrons. The van der Waals surface area contributed by atoms with Crippen LogP contribution in [-0.4, -0.2) is 24.3 Å². The fraction of sp³-hybridized carbons (Fsp3) is 0.438. The Kier molecular flexibility index (Phi) is 3.05. The van der Waals surface area contributed by atoms with Gasteiger partial charge in [-0.05, 0) is 25.5 Å². The number of nitrogens with zero attached hydrogens (tertiary/aromatic N) is 1. The van der Waals surface area contributed by atoms with E-state index in [1.54, 1.807) is 0 Å². The van der Waals surface area contributed by atoms with Gasteiger partial charge in [0.2, 0.25) is 0 Å². The lowest BCUT2D eigenvalue weighted by molar-refractivity contribution is -0.151. The van der Waals surface area contributed by atoms with Crippen molar-refractivity contribution in [3.8, 4) is 0 Å². The molecule has 1 atom stereocenters. The Morgan fingerprint density at radius 3 is 2.95 bits per heavy atom. The summed E-state index contributed by atoms with van der Waals surface area (Å²) in [5.74, 6) is -0.245. The van der Waals surface area contributed by atoms with E-state index in [0.717, 1.165) is 12.2 Å². The molecule has 2 aromatic rings. The van der Waals surface area contributed by atoms with Gasteiger partial charge in [-0.3, -0.25) is 4.79 Å². The van der Waals surface area contributed by atoms with Crippen LogP contribution in [-0.2, 0) is 26.4 Å². The van der Waals surface area contributed by atoms with Gasteiger partial charge < -0.3 is 14.0 Å². The fourth-order valence-corrected chi connectivity index (χ4v) is 3.30. The summed E-state index contributed by atoms with van der Waals surface area (Å²) in [6.45, 7) is 5.50. The molecular weight excluding hydrogens is 254 g/mol. The van der Waals surface area contributed by atoms with Crippen LogP contribution in [0.5, 0.6) is 0 Å². The molecule has 0 saturated heterocycles. The molecule has 1 aromatic carbocycles.